The summed E-state index contributed by atoms with van der Waals surface area (Å²) in [7, 11) is 4.17. The van der Waals surface area contributed by atoms with Crippen LogP contribution in [0.15, 0.2) is 42.9 Å². The molecule has 0 saturated carbocycles. The molecule has 6 heteroatoms. The van der Waals surface area contributed by atoms with Gasteiger partial charge < -0.3 is 9.47 Å². The number of piperazine rings is 1. The van der Waals surface area contributed by atoms with Gasteiger partial charge in [-0.25, -0.2) is 9.97 Å². The number of rotatable bonds is 3. The van der Waals surface area contributed by atoms with E-state index in [2.05, 4.69) is 57.1 Å². The van der Waals surface area contributed by atoms with E-state index in [0.29, 0.717) is 6.04 Å². The predicted molar refractivity (Wildman–Crippen MR) is 95.1 cm³/mol. The number of nitrogens with zero attached hydrogens (tertiary/aromatic N) is 6. The first-order valence-electron chi connectivity index (χ1n) is 8.34. The normalized spacial score (nSPS) is 19.1. The number of fused-ring (bicyclic) bond motifs is 1. The quantitative estimate of drug-likeness (QED) is 0.735. The molecule has 6 nitrogen and oxygen atoms in total. The van der Waals surface area contributed by atoms with E-state index >= 15 is 0 Å². The summed E-state index contributed by atoms with van der Waals surface area (Å²) in [6.07, 6.45) is 4.65. The van der Waals surface area contributed by atoms with Crippen molar-refractivity contribution in [2.24, 2.45) is 7.05 Å². The summed E-state index contributed by atoms with van der Waals surface area (Å²) < 4.78 is 1.94. The second kappa shape index (κ2) is 6.20. The van der Waals surface area contributed by atoms with Gasteiger partial charge in [-0.15, -0.1) is 0 Å². The van der Waals surface area contributed by atoms with E-state index in [9.17, 15) is 0 Å². The monoisotopic (exact) mass is 322 g/mol. The minimum absolute atomic E-state index is 0.465. The van der Waals surface area contributed by atoms with Crippen molar-refractivity contribution in [3.05, 3.63) is 48.4 Å². The fourth-order valence-corrected chi connectivity index (χ4v) is 3.30. The van der Waals surface area contributed by atoms with Gasteiger partial charge in [0.15, 0.2) is 5.65 Å². The number of hydrogen-bond donors (Lipinski definition) is 0. The van der Waals surface area contributed by atoms with Crippen LogP contribution in [0.25, 0.3) is 11.2 Å². The van der Waals surface area contributed by atoms with E-state index in [0.717, 1.165) is 43.2 Å². The molecule has 4 rings (SSSR count). The van der Waals surface area contributed by atoms with Crippen molar-refractivity contribution in [1.82, 2.24) is 24.4 Å². The van der Waals surface area contributed by atoms with Gasteiger partial charge in [0.1, 0.15) is 5.52 Å². The minimum Gasteiger partial charge on any atom is -0.338 e. The molecule has 124 valence electrons. The highest BCUT2D eigenvalue weighted by Crippen LogP contribution is 2.19. The Morgan fingerprint density at radius 2 is 1.92 bits per heavy atom. The lowest BCUT2D eigenvalue weighted by atomic mass is 10.0. The lowest BCUT2D eigenvalue weighted by Crippen LogP contribution is -2.52. The third-order valence-corrected chi connectivity index (χ3v) is 4.82. The maximum Gasteiger partial charge on any atom is 0.227 e. The molecular weight excluding hydrogens is 300 g/mol. The molecule has 1 aliphatic rings. The van der Waals surface area contributed by atoms with Crippen LogP contribution in [0.5, 0.6) is 0 Å². The molecule has 1 aromatic carbocycles. The zero-order chi connectivity index (χ0) is 16.5. The summed E-state index contributed by atoms with van der Waals surface area (Å²) in [6.45, 7) is 2.91. The molecule has 3 heterocycles. The summed E-state index contributed by atoms with van der Waals surface area (Å²) in [5, 5.41) is 0. The largest absolute Gasteiger partial charge is 0.338 e. The lowest BCUT2D eigenvalue weighted by molar-refractivity contribution is 0.216. The summed E-state index contributed by atoms with van der Waals surface area (Å²) in [5.41, 5.74) is 3.11. The van der Waals surface area contributed by atoms with Crippen LogP contribution < -0.4 is 4.90 Å². The average molecular weight is 322 g/mol. The Hall–Kier alpha value is -2.47. The third kappa shape index (κ3) is 2.85. The number of hydrogen-bond acceptors (Lipinski definition) is 5. The van der Waals surface area contributed by atoms with E-state index in [1.54, 1.807) is 6.33 Å². The van der Waals surface area contributed by atoms with Crippen LogP contribution in [-0.4, -0.2) is 57.1 Å². The van der Waals surface area contributed by atoms with Crippen molar-refractivity contribution in [2.75, 3.05) is 31.6 Å². The average Bonchev–Trinajstić information content (AvgIpc) is 2.98. The van der Waals surface area contributed by atoms with Crippen molar-refractivity contribution < 1.29 is 0 Å². The highest BCUT2D eigenvalue weighted by atomic mass is 15.3. The molecule has 1 atom stereocenters. The zero-order valence-electron chi connectivity index (χ0n) is 14.1. The van der Waals surface area contributed by atoms with Gasteiger partial charge in [-0.05, 0) is 19.0 Å². The van der Waals surface area contributed by atoms with Gasteiger partial charge in [0.25, 0.3) is 0 Å². The topological polar surface area (TPSA) is 50.1 Å². The first-order chi connectivity index (χ1) is 11.7. The molecule has 0 amide bonds. The van der Waals surface area contributed by atoms with Gasteiger partial charge in [0, 0.05) is 32.7 Å². The van der Waals surface area contributed by atoms with Gasteiger partial charge in [0.2, 0.25) is 5.95 Å². The fourth-order valence-electron chi connectivity index (χ4n) is 3.30. The summed E-state index contributed by atoms with van der Waals surface area (Å²) in [5.74, 6) is 0.803. The van der Waals surface area contributed by atoms with E-state index in [1.165, 1.54) is 5.56 Å². The SMILES string of the molecule is CN1CCN(c2ncc3ncn(C)c3n2)CC1Cc1ccccc1. The molecule has 1 aliphatic heterocycles. The highest BCUT2D eigenvalue weighted by molar-refractivity contribution is 5.70. The molecule has 24 heavy (non-hydrogen) atoms. The van der Waals surface area contributed by atoms with Crippen LogP contribution in [0.1, 0.15) is 5.56 Å². The van der Waals surface area contributed by atoms with Crippen LogP contribution in [0.3, 0.4) is 0 Å². The summed E-state index contributed by atoms with van der Waals surface area (Å²) in [6, 6.07) is 11.1. The number of aromatic nitrogens is 4. The fraction of sp³-hybridized carbons (Fsp3) is 0.389. The highest BCUT2D eigenvalue weighted by Gasteiger charge is 2.26. The Morgan fingerprint density at radius 3 is 2.75 bits per heavy atom. The summed E-state index contributed by atoms with van der Waals surface area (Å²) in [4.78, 5) is 18.3. The Balaban J connectivity index is 1.55. The molecule has 0 aliphatic carbocycles. The number of benzene rings is 1. The number of anilines is 1. The second-order valence-electron chi connectivity index (χ2n) is 6.50. The van der Waals surface area contributed by atoms with Crippen molar-refractivity contribution in [3.63, 3.8) is 0 Å². The first kappa shape index (κ1) is 15.1. The van der Waals surface area contributed by atoms with E-state index in [-0.39, 0.29) is 0 Å². The van der Waals surface area contributed by atoms with Gasteiger partial charge in [-0.1, -0.05) is 30.3 Å². The molecule has 1 fully saturated rings. The standard InChI is InChI=1S/C18H22N6/c1-22-8-9-24(12-15(22)10-14-6-4-3-5-7-14)18-19-11-16-17(21-18)23(2)13-20-16/h3-7,11,13,15H,8-10,12H2,1-2H3. The van der Waals surface area contributed by atoms with E-state index < -0.39 is 0 Å². The van der Waals surface area contributed by atoms with Crippen molar-refractivity contribution in [1.29, 1.82) is 0 Å². The van der Waals surface area contributed by atoms with Crippen LogP contribution in [0.4, 0.5) is 5.95 Å². The zero-order valence-corrected chi connectivity index (χ0v) is 14.1. The molecule has 1 saturated heterocycles. The van der Waals surface area contributed by atoms with Crippen molar-refractivity contribution in [3.8, 4) is 0 Å². The van der Waals surface area contributed by atoms with Crippen molar-refractivity contribution in [2.45, 2.75) is 12.5 Å². The Morgan fingerprint density at radius 1 is 1.08 bits per heavy atom. The van der Waals surface area contributed by atoms with Crippen molar-refractivity contribution >= 4 is 17.1 Å². The summed E-state index contributed by atoms with van der Waals surface area (Å²) >= 11 is 0. The molecule has 0 spiro atoms. The van der Waals surface area contributed by atoms with Gasteiger partial charge in [-0.2, -0.15) is 4.98 Å². The van der Waals surface area contributed by atoms with E-state index in [4.69, 9.17) is 4.98 Å². The number of aryl methyl sites for hydroxylation is 1. The van der Waals surface area contributed by atoms with Gasteiger partial charge in [-0.3, -0.25) is 4.90 Å². The Labute approximate surface area is 141 Å². The minimum atomic E-state index is 0.465. The first-order valence-corrected chi connectivity index (χ1v) is 8.34. The van der Waals surface area contributed by atoms with Crippen LogP contribution >= 0.6 is 0 Å². The smallest absolute Gasteiger partial charge is 0.227 e. The molecule has 1 unspecified atom stereocenters. The predicted octanol–water partition coefficient (Wildman–Crippen LogP) is 1.73. The van der Waals surface area contributed by atoms with Crippen LogP contribution in [0.2, 0.25) is 0 Å². The number of likely N-dealkylation sites (N-methyl/N-ethyl adjacent to an activating group) is 1. The van der Waals surface area contributed by atoms with Crippen LogP contribution in [0, 0.1) is 0 Å². The number of imidazole rings is 1. The van der Waals surface area contributed by atoms with E-state index in [1.807, 2.05) is 17.8 Å². The molecule has 0 N–H and O–H groups in total. The maximum absolute atomic E-state index is 4.72. The van der Waals surface area contributed by atoms with Gasteiger partial charge >= 0.3 is 0 Å². The van der Waals surface area contributed by atoms with Gasteiger partial charge in [0.05, 0.1) is 12.5 Å². The Bertz CT molecular complexity index is 828. The van der Waals surface area contributed by atoms with Crippen LogP contribution in [-0.2, 0) is 13.5 Å². The second-order valence-corrected chi connectivity index (χ2v) is 6.50. The Kier molecular flexibility index (Phi) is 3.90. The molecule has 3 aromatic rings. The molecule has 2 aromatic heterocycles. The lowest BCUT2D eigenvalue weighted by Gasteiger charge is -2.39. The third-order valence-electron chi connectivity index (χ3n) is 4.82. The molecule has 0 radical (unpaired) electrons. The maximum atomic E-state index is 4.72. The molecular formula is C18H22N6. The molecule has 0 bridgehead atoms.